The third kappa shape index (κ3) is 19.1. The van der Waals surface area contributed by atoms with Crippen LogP contribution in [0.2, 0.25) is 0 Å². The molecule has 0 unspecified atom stereocenters. The summed E-state index contributed by atoms with van der Waals surface area (Å²) in [6, 6.07) is 19.9. The second kappa shape index (κ2) is 27.7. The standard InChI is InChI=1S/C46H60N8O11/c1-33-18-19-48-44(51-33)54(45(59)65-46(2,3)4)21-8-7-11-41(55)49-32-42(56)52-39(31-43(57)58)35-14-12-34(13-15-35)36-16-17-40(38-10-6-5-9-37(36)38)64-30-29-63-28-27-62-26-25-61-24-23-60-22-20-50-53-47/h5-6,9-10,12-19,39H,7-8,11,20-32H2,1-4H3,(H,49,55)(H,52,56)(H,57,58)/t39-/m0/s1. The number of carbonyl (C=O) groups excluding carboxylic acids is 3. The number of carboxylic acid groups (broad SMARTS) is 1. The maximum Gasteiger partial charge on any atom is 0.417 e. The van der Waals surface area contributed by atoms with Crippen molar-refractivity contribution in [1.82, 2.24) is 20.6 Å². The van der Waals surface area contributed by atoms with Crippen molar-refractivity contribution in [2.24, 2.45) is 5.11 Å². The van der Waals surface area contributed by atoms with E-state index in [1.165, 1.54) is 4.90 Å². The van der Waals surface area contributed by atoms with Crippen LogP contribution in [0, 0.1) is 6.92 Å². The number of aryl methyl sites for hydroxylation is 1. The minimum atomic E-state index is -1.10. The predicted octanol–water partition coefficient (Wildman–Crippen LogP) is 6.72. The van der Waals surface area contributed by atoms with Gasteiger partial charge >= 0.3 is 12.1 Å². The van der Waals surface area contributed by atoms with Gasteiger partial charge in [0.25, 0.3) is 0 Å². The molecule has 0 saturated heterocycles. The number of azide groups is 1. The molecule has 19 heteroatoms. The highest BCUT2D eigenvalue weighted by Crippen LogP contribution is 2.35. The zero-order valence-corrected chi connectivity index (χ0v) is 37.5. The van der Waals surface area contributed by atoms with Crippen molar-refractivity contribution >= 4 is 40.6 Å². The molecule has 4 aromatic rings. The number of nitrogens with zero attached hydrogens (tertiary/aromatic N) is 6. The lowest BCUT2D eigenvalue weighted by atomic mass is 9.95. The van der Waals surface area contributed by atoms with Crippen molar-refractivity contribution in [3.63, 3.8) is 0 Å². The molecule has 1 heterocycles. The Labute approximate surface area is 378 Å². The normalized spacial score (nSPS) is 11.6. The van der Waals surface area contributed by atoms with Crippen molar-refractivity contribution < 1.29 is 52.7 Å². The van der Waals surface area contributed by atoms with Gasteiger partial charge in [-0.2, -0.15) is 0 Å². The lowest BCUT2D eigenvalue weighted by molar-refractivity contribution is -0.138. The monoisotopic (exact) mass is 900 g/mol. The number of aromatic nitrogens is 2. The summed E-state index contributed by atoms with van der Waals surface area (Å²) in [5.41, 5.74) is 10.6. The topological polar surface area (TPSA) is 246 Å². The first-order valence-corrected chi connectivity index (χ1v) is 21.5. The number of benzene rings is 3. The summed E-state index contributed by atoms with van der Waals surface area (Å²) in [6.45, 7) is 10.8. The average molecular weight is 901 g/mol. The Balaban J connectivity index is 1.21. The van der Waals surface area contributed by atoms with Crippen LogP contribution in [0.15, 0.2) is 78.0 Å². The minimum absolute atomic E-state index is 0.0944. The van der Waals surface area contributed by atoms with Crippen molar-refractivity contribution in [3.05, 3.63) is 94.6 Å². The molecule has 0 radical (unpaired) electrons. The number of aliphatic carboxylic acids is 1. The van der Waals surface area contributed by atoms with Gasteiger partial charge in [0.2, 0.25) is 17.8 Å². The van der Waals surface area contributed by atoms with E-state index >= 15 is 0 Å². The number of ether oxygens (including phenoxy) is 6. The third-order valence-corrected chi connectivity index (χ3v) is 9.34. The third-order valence-electron chi connectivity index (χ3n) is 9.34. The Morgan fingerprint density at radius 3 is 2.09 bits per heavy atom. The first kappa shape index (κ1) is 51.3. The lowest BCUT2D eigenvalue weighted by Gasteiger charge is -2.26. The van der Waals surface area contributed by atoms with Gasteiger partial charge in [-0.15, -0.1) is 0 Å². The minimum Gasteiger partial charge on any atom is -0.491 e. The van der Waals surface area contributed by atoms with E-state index in [0.29, 0.717) is 95.9 Å². The molecule has 0 saturated carbocycles. The van der Waals surface area contributed by atoms with Gasteiger partial charge in [0.05, 0.1) is 71.9 Å². The van der Waals surface area contributed by atoms with Crippen molar-refractivity contribution in [3.8, 4) is 16.9 Å². The fourth-order valence-corrected chi connectivity index (χ4v) is 6.32. The molecule has 1 atom stereocenters. The molecule has 65 heavy (non-hydrogen) atoms. The van der Waals surface area contributed by atoms with Crippen LogP contribution in [-0.2, 0) is 38.1 Å². The number of amides is 3. The molecule has 0 spiro atoms. The summed E-state index contributed by atoms with van der Waals surface area (Å²) in [7, 11) is 0. The van der Waals surface area contributed by atoms with Crippen LogP contribution in [0.25, 0.3) is 32.3 Å². The fourth-order valence-electron chi connectivity index (χ4n) is 6.32. The van der Waals surface area contributed by atoms with Gasteiger partial charge < -0.3 is 44.2 Å². The largest absolute Gasteiger partial charge is 0.491 e. The van der Waals surface area contributed by atoms with E-state index in [1.54, 1.807) is 52.1 Å². The fraction of sp³-hybridized carbons (Fsp3) is 0.478. The van der Waals surface area contributed by atoms with Crippen LogP contribution in [-0.4, -0.2) is 124 Å². The van der Waals surface area contributed by atoms with E-state index < -0.39 is 29.6 Å². The highest BCUT2D eigenvalue weighted by molar-refractivity contribution is 6.00. The number of carbonyl (C=O) groups is 4. The molecule has 4 rings (SSSR count). The molecule has 0 bridgehead atoms. The van der Waals surface area contributed by atoms with Crippen molar-refractivity contribution in [2.75, 3.05) is 84.0 Å². The SMILES string of the molecule is Cc1ccnc(N(CCCCC(=O)NCC(=O)N[C@@H](CC(=O)O)c2ccc(-c3ccc(OCCOCCOCCOCCOCCN=[N+]=[N-])c4ccccc34)cc2)C(=O)OC(C)(C)C)n1. The highest BCUT2D eigenvalue weighted by atomic mass is 16.6. The molecule has 3 N–H and O–H groups in total. The zero-order valence-electron chi connectivity index (χ0n) is 37.5. The Hall–Kier alpha value is -6.37. The Morgan fingerprint density at radius 2 is 1.46 bits per heavy atom. The number of hydrogen-bond acceptors (Lipinski definition) is 13. The van der Waals surface area contributed by atoms with Crippen LogP contribution >= 0.6 is 0 Å². The first-order chi connectivity index (χ1) is 31.3. The molecule has 0 aliphatic heterocycles. The van der Waals surface area contributed by atoms with Gasteiger partial charge in [-0.3, -0.25) is 14.4 Å². The smallest absolute Gasteiger partial charge is 0.417 e. The van der Waals surface area contributed by atoms with Crippen LogP contribution in [0.4, 0.5) is 10.7 Å². The summed E-state index contributed by atoms with van der Waals surface area (Å²) >= 11 is 0. The summed E-state index contributed by atoms with van der Waals surface area (Å²) in [6.07, 6.45) is 1.54. The van der Waals surface area contributed by atoms with Crippen LogP contribution < -0.4 is 20.3 Å². The van der Waals surface area contributed by atoms with E-state index in [1.807, 2.05) is 48.5 Å². The van der Waals surface area contributed by atoms with E-state index in [9.17, 15) is 24.3 Å². The van der Waals surface area contributed by atoms with Gasteiger partial charge in [0.1, 0.15) is 18.0 Å². The molecule has 3 amide bonds. The number of unbranched alkanes of at least 4 members (excludes halogenated alkanes) is 1. The molecule has 19 nitrogen and oxygen atoms in total. The van der Waals surface area contributed by atoms with Gasteiger partial charge in [-0.25, -0.2) is 19.7 Å². The van der Waals surface area contributed by atoms with Gasteiger partial charge in [-0.1, -0.05) is 59.7 Å². The van der Waals surface area contributed by atoms with E-state index in [4.69, 9.17) is 34.0 Å². The molecular formula is C46H60N8O11. The maximum atomic E-state index is 13.0. The average Bonchev–Trinajstić information content (AvgIpc) is 3.27. The summed E-state index contributed by atoms with van der Waals surface area (Å²) in [5, 5.41) is 20.3. The molecule has 350 valence electrons. The Kier molecular flexibility index (Phi) is 21.9. The van der Waals surface area contributed by atoms with Crippen molar-refractivity contribution in [1.29, 1.82) is 0 Å². The van der Waals surface area contributed by atoms with Crippen LogP contribution in [0.3, 0.4) is 0 Å². The molecular weight excluding hydrogens is 841 g/mol. The molecule has 0 aliphatic carbocycles. The van der Waals surface area contributed by atoms with E-state index in [0.717, 1.165) is 21.9 Å². The van der Waals surface area contributed by atoms with Gasteiger partial charge in [0, 0.05) is 41.7 Å². The van der Waals surface area contributed by atoms with E-state index in [2.05, 4.69) is 30.6 Å². The second-order valence-electron chi connectivity index (χ2n) is 15.6. The number of carboxylic acids is 1. The van der Waals surface area contributed by atoms with Crippen LogP contribution in [0.1, 0.15) is 63.8 Å². The highest BCUT2D eigenvalue weighted by Gasteiger charge is 2.25. The predicted molar refractivity (Wildman–Crippen MR) is 243 cm³/mol. The quantitative estimate of drug-likeness (QED) is 0.0222. The summed E-state index contributed by atoms with van der Waals surface area (Å²) < 4.78 is 33.5. The second-order valence-corrected chi connectivity index (χ2v) is 15.6. The number of rotatable bonds is 29. The van der Waals surface area contributed by atoms with Crippen LogP contribution in [0.5, 0.6) is 5.75 Å². The Bertz CT molecular complexity index is 2180. The van der Waals surface area contributed by atoms with E-state index in [-0.39, 0.29) is 37.8 Å². The maximum absolute atomic E-state index is 13.0. The van der Waals surface area contributed by atoms with Crippen molar-refractivity contribution in [2.45, 2.75) is 65.0 Å². The van der Waals surface area contributed by atoms with Gasteiger partial charge in [-0.05, 0) is 80.3 Å². The molecule has 0 fully saturated rings. The number of fused-ring (bicyclic) bond motifs is 1. The molecule has 3 aromatic carbocycles. The molecule has 1 aromatic heterocycles. The first-order valence-electron chi connectivity index (χ1n) is 21.5. The zero-order chi connectivity index (χ0) is 46.9. The Morgan fingerprint density at radius 1 is 0.815 bits per heavy atom. The molecule has 0 aliphatic rings. The summed E-state index contributed by atoms with van der Waals surface area (Å²) in [5.74, 6) is -1.09. The lowest BCUT2D eigenvalue weighted by Crippen LogP contribution is -2.39. The number of anilines is 1. The number of hydrogen-bond donors (Lipinski definition) is 3. The summed E-state index contributed by atoms with van der Waals surface area (Å²) in [4.78, 5) is 63.0. The number of nitrogens with one attached hydrogen (secondary N) is 2. The van der Waals surface area contributed by atoms with Gasteiger partial charge in [0.15, 0.2) is 0 Å².